The maximum Gasteiger partial charge on any atom is 0.276 e. The lowest BCUT2D eigenvalue weighted by Crippen LogP contribution is -2.26. The van der Waals surface area contributed by atoms with Crippen molar-refractivity contribution in [1.29, 1.82) is 0 Å². The standard InChI is InChI=1S/C23H22N4O2S/c1-14-4-9-20(15(2)12-14)30-18-7-5-17(6-8-18)26-22(28)13-19-16(3)25-21-10-11-24-27(21)23(19)29/h4-12,24H,13H2,1-3H3,(H,26,28). The molecule has 4 rings (SSSR count). The van der Waals surface area contributed by atoms with Gasteiger partial charge in [0, 0.05) is 39.0 Å². The number of rotatable bonds is 5. The number of aromatic amines is 1. The van der Waals surface area contributed by atoms with Crippen molar-refractivity contribution < 1.29 is 4.79 Å². The summed E-state index contributed by atoms with van der Waals surface area (Å²) in [6.45, 7) is 5.94. The summed E-state index contributed by atoms with van der Waals surface area (Å²) in [6, 6.07) is 15.8. The van der Waals surface area contributed by atoms with E-state index in [-0.39, 0.29) is 17.9 Å². The predicted molar refractivity (Wildman–Crippen MR) is 119 cm³/mol. The van der Waals surface area contributed by atoms with Crippen LogP contribution in [-0.2, 0) is 11.2 Å². The van der Waals surface area contributed by atoms with Crippen LogP contribution in [-0.4, -0.2) is 20.5 Å². The summed E-state index contributed by atoms with van der Waals surface area (Å²) >= 11 is 1.69. The molecule has 152 valence electrons. The van der Waals surface area contributed by atoms with Crippen LogP contribution in [0.4, 0.5) is 5.69 Å². The molecule has 0 saturated heterocycles. The third kappa shape index (κ3) is 4.16. The van der Waals surface area contributed by atoms with Crippen LogP contribution >= 0.6 is 11.8 Å². The van der Waals surface area contributed by atoms with Crippen LogP contribution in [0, 0.1) is 20.8 Å². The lowest BCUT2D eigenvalue weighted by Gasteiger charge is -2.09. The van der Waals surface area contributed by atoms with E-state index in [1.165, 1.54) is 20.5 Å². The molecule has 1 amide bonds. The van der Waals surface area contributed by atoms with E-state index in [1.54, 1.807) is 30.9 Å². The molecule has 0 bridgehead atoms. The first-order chi connectivity index (χ1) is 14.4. The number of anilines is 1. The number of benzene rings is 2. The lowest BCUT2D eigenvalue weighted by molar-refractivity contribution is -0.115. The van der Waals surface area contributed by atoms with E-state index in [9.17, 15) is 9.59 Å². The van der Waals surface area contributed by atoms with Gasteiger partial charge < -0.3 is 5.32 Å². The maximum absolute atomic E-state index is 12.6. The molecule has 0 aliphatic carbocycles. The van der Waals surface area contributed by atoms with Gasteiger partial charge in [0.25, 0.3) is 5.56 Å². The third-order valence-corrected chi connectivity index (χ3v) is 6.06. The van der Waals surface area contributed by atoms with E-state index in [1.807, 2.05) is 24.3 Å². The lowest BCUT2D eigenvalue weighted by atomic mass is 10.1. The Kier molecular flexibility index (Phi) is 5.46. The second-order valence-electron chi connectivity index (χ2n) is 7.26. The number of aromatic nitrogens is 3. The van der Waals surface area contributed by atoms with Gasteiger partial charge in [-0.1, -0.05) is 29.5 Å². The molecule has 0 spiro atoms. The number of amides is 1. The molecule has 0 saturated carbocycles. The fourth-order valence-corrected chi connectivity index (χ4v) is 4.20. The smallest absolute Gasteiger partial charge is 0.276 e. The largest absolute Gasteiger partial charge is 0.326 e. The van der Waals surface area contributed by atoms with E-state index in [0.717, 1.165) is 4.90 Å². The molecule has 0 radical (unpaired) electrons. The summed E-state index contributed by atoms with van der Waals surface area (Å²) in [7, 11) is 0. The molecule has 0 unspecified atom stereocenters. The Morgan fingerprint density at radius 1 is 1.10 bits per heavy atom. The Labute approximate surface area is 178 Å². The molecule has 30 heavy (non-hydrogen) atoms. The minimum atomic E-state index is -0.252. The summed E-state index contributed by atoms with van der Waals surface area (Å²) in [5.74, 6) is -0.252. The van der Waals surface area contributed by atoms with Crippen LogP contribution in [0.1, 0.15) is 22.4 Å². The summed E-state index contributed by atoms with van der Waals surface area (Å²) in [5.41, 5.74) is 4.42. The minimum absolute atomic E-state index is 0.0291. The van der Waals surface area contributed by atoms with Crippen LogP contribution < -0.4 is 10.9 Å². The number of aryl methyl sites for hydroxylation is 3. The van der Waals surface area contributed by atoms with Gasteiger partial charge in [0.15, 0.2) is 5.65 Å². The van der Waals surface area contributed by atoms with Crippen molar-refractivity contribution in [2.24, 2.45) is 0 Å². The topological polar surface area (TPSA) is 79.3 Å². The quantitative estimate of drug-likeness (QED) is 0.507. The van der Waals surface area contributed by atoms with Crippen LogP contribution in [0.3, 0.4) is 0 Å². The first-order valence-corrected chi connectivity index (χ1v) is 10.4. The highest BCUT2D eigenvalue weighted by Crippen LogP contribution is 2.31. The normalized spacial score (nSPS) is 11.0. The Morgan fingerprint density at radius 2 is 1.87 bits per heavy atom. The monoisotopic (exact) mass is 418 g/mol. The Balaban J connectivity index is 1.45. The molecule has 4 aromatic rings. The second-order valence-corrected chi connectivity index (χ2v) is 8.37. The molecule has 0 aliphatic rings. The highest BCUT2D eigenvalue weighted by molar-refractivity contribution is 7.99. The van der Waals surface area contributed by atoms with Crippen LogP contribution in [0.5, 0.6) is 0 Å². The highest BCUT2D eigenvalue weighted by Gasteiger charge is 2.14. The van der Waals surface area contributed by atoms with Gasteiger partial charge in [-0.2, -0.15) is 0 Å². The average molecular weight is 419 g/mol. The van der Waals surface area contributed by atoms with E-state index < -0.39 is 0 Å². The number of carbonyl (C=O) groups is 1. The van der Waals surface area contributed by atoms with Crippen LogP contribution in [0.2, 0.25) is 0 Å². The van der Waals surface area contributed by atoms with Gasteiger partial charge in [0.2, 0.25) is 5.91 Å². The predicted octanol–water partition coefficient (Wildman–Crippen LogP) is 4.28. The Hall–Kier alpha value is -3.32. The van der Waals surface area contributed by atoms with Gasteiger partial charge in [-0.25, -0.2) is 9.50 Å². The SMILES string of the molecule is Cc1ccc(Sc2ccc(NC(=O)Cc3c(C)nc4cc[nH]n4c3=O)cc2)c(C)c1. The molecular weight excluding hydrogens is 396 g/mol. The van der Waals surface area contributed by atoms with Crippen LogP contribution in [0.25, 0.3) is 5.65 Å². The number of hydrogen-bond donors (Lipinski definition) is 2. The van der Waals surface area contributed by atoms with Crippen molar-refractivity contribution in [3.05, 3.63) is 87.5 Å². The van der Waals surface area contributed by atoms with Crippen molar-refractivity contribution in [3.63, 3.8) is 0 Å². The van der Waals surface area contributed by atoms with Crippen molar-refractivity contribution in [1.82, 2.24) is 14.6 Å². The van der Waals surface area contributed by atoms with E-state index >= 15 is 0 Å². The molecular formula is C23H22N4O2S. The fourth-order valence-electron chi connectivity index (χ4n) is 3.32. The van der Waals surface area contributed by atoms with Crippen molar-refractivity contribution in [2.45, 2.75) is 37.0 Å². The molecule has 2 heterocycles. The summed E-state index contributed by atoms with van der Waals surface area (Å²) in [4.78, 5) is 31.8. The molecule has 0 atom stereocenters. The number of fused-ring (bicyclic) bond motifs is 1. The number of carbonyl (C=O) groups excluding carboxylic acids is 1. The van der Waals surface area contributed by atoms with E-state index in [0.29, 0.717) is 22.6 Å². The zero-order valence-electron chi connectivity index (χ0n) is 17.0. The zero-order chi connectivity index (χ0) is 21.3. The third-order valence-electron chi connectivity index (χ3n) is 4.88. The van der Waals surface area contributed by atoms with Gasteiger partial charge in [-0.05, 0) is 56.7 Å². The fraction of sp³-hybridized carbons (Fsp3) is 0.174. The first kappa shape index (κ1) is 20.0. The molecule has 2 aromatic carbocycles. The number of H-pyrrole nitrogens is 1. The summed E-state index contributed by atoms with van der Waals surface area (Å²) in [5, 5.41) is 5.68. The van der Waals surface area contributed by atoms with E-state index in [2.05, 4.69) is 47.4 Å². The molecule has 2 N–H and O–H groups in total. The Morgan fingerprint density at radius 3 is 2.60 bits per heavy atom. The van der Waals surface area contributed by atoms with Gasteiger partial charge in [-0.15, -0.1) is 0 Å². The van der Waals surface area contributed by atoms with Crippen LogP contribution in [0.15, 0.2) is 69.3 Å². The summed E-state index contributed by atoms with van der Waals surface area (Å²) in [6.07, 6.45) is 1.61. The average Bonchev–Trinajstić information content (AvgIpc) is 3.17. The van der Waals surface area contributed by atoms with Gasteiger partial charge in [0.1, 0.15) is 0 Å². The van der Waals surface area contributed by atoms with Gasteiger partial charge in [0.05, 0.1) is 6.42 Å². The van der Waals surface area contributed by atoms with Gasteiger partial charge >= 0.3 is 0 Å². The minimum Gasteiger partial charge on any atom is -0.326 e. The van der Waals surface area contributed by atoms with E-state index in [4.69, 9.17) is 0 Å². The number of hydrogen-bond acceptors (Lipinski definition) is 4. The highest BCUT2D eigenvalue weighted by atomic mass is 32.2. The van der Waals surface area contributed by atoms with Crippen molar-refractivity contribution in [2.75, 3.05) is 5.32 Å². The molecule has 7 heteroatoms. The second kappa shape index (κ2) is 8.20. The molecule has 0 aliphatic heterocycles. The molecule has 2 aromatic heterocycles. The van der Waals surface area contributed by atoms with Gasteiger partial charge in [-0.3, -0.25) is 14.7 Å². The summed E-state index contributed by atoms with van der Waals surface area (Å²) < 4.78 is 1.34. The number of nitrogens with zero attached hydrogens (tertiary/aromatic N) is 2. The first-order valence-electron chi connectivity index (χ1n) is 9.61. The zero-order valence-corrected chi connectivity index (χ0v) is 17.8. The van der Waals surface area contributed by atoms with Crippen molar-refractivity contribution in [3.8, 4) is 0 Å². The Bertz CT molecular complexity index is 1290. The molecule has 0 fully saturated rings. The maximum atomic E-state index is 12.6. The van der Waals surface area contributed by atoms with Crippen molar-refractivity contribution >= 4 is 29.0 Å². The number of nitrogens with one attached hydrogen (secondary N) is 2. The molecule has 6 nitrogen and oxygen atoms in total.